The zero-order valence-electron chi connectivity index (χ0n) is 8.58. The largest absolute Gasteiger partial charge is 0.286 e. The van der Waals surface area contributed by atoms with E-state index in [2.05, 4.69) is 4.99 Å². The van der Waals surface area contributed by atoms with Crippen molar-refractivity contribution in [1.82, 2.24) is 0 Å². The normalized spacial score (nSPS) is 26.2. The second kappa shape index (κ2) is 4.09. The maximum absolute atomic E-state index is 13.7. The number of benzene rings is 1. The molecular weight excluding hydrogens is 196 g/mol. The molecule has 1 aromatic rings. The average molecular weight is 209 g/mol. The summed E-state index contributed by atoms with van der Waals surface area (Å²) in [6.07, 6.45) is -0.504. The number of halogens is 2. The quantitative estimate of drug-likeness (QED) is 0.674. The number of rotatable bonds is 1. The third-order valence-corrected chi connectivity index (χ3v) is 2.62. The molecule has 0 N–H and O–H groups in total. The van der Waals surface area contributed by atoms with Gasteiger partial charge in [-0.1, -0.05) is 19.1 Å². The molecule has 0 saturated carbocycles. The molecule has 1 aromatic carbocycles. The molecule has 15 heavy (non-hydrogen) atoms. The Hall–Kier alpha value is -1.25. The molecule has 3 heteroatoms. The van der Waals surface area contributed by atoms with E-state index in [4.69, 9.17) is 0 Å². The van der Waals surface area contributed by atoms with E-state index < -0.39 is 6.17 Å². The van der Waals surface area contributed by atoms with Gasteiger partial charge in [0, 0.05) is 6.54 Å². The number of alkyl halides is 1. The third kappa shape index (κ3) is 2.22. The lowest BCUT2D eigenvalue weighted by Gasteiger charge is -2.21. The molecule has 2 unspecified atom stereocenters. The van der Waals surface area contributed by atoms with E-state index in [9.17, 15) is 8.78 Å². The fourth-order valence-corrected chi connectivity index (χ4v) is 1.79. The van der Waals surface area contributed by atoms with E-state index in [1.165, 1.54) is 12.1 Å². The summed E-state index contributed by atoms with van der Waals surface area (Å²) in [6.45, 7) is 2.64. The van der Waals surface area contributed by atoms with Crippen molar-refractivity contribution < 1.29 is 8.78 Å². The van der Waals surface area contributed by atoms with E-state index in [0.29, 0.717) is 30.2 Å². The monoisotopic (exact) mass is 209 g/mol. The van der Waals surface area contributed by atoms with Crippen LogP contribution in [0.5, 0.6) is 0 Å². The maximum Gasteiger partial charge on any atom is 0.142 e. The second-order valence-electron chi connectivity index (χ2n) is 4.04. The first kappa shape index (κ1) is 10.3. The van der Waals surface area contributed by atoms with Gasteiger partial charge in [0.15, 0.2) is 0 Å². The highest BCUT2D eigenvalue weighted by atomic mass is 19.1. The maximum atomic E-state index is 13.7. The van der Waals surface area contributed by atoms with Crippen LogP contribution in [0.1, 0.15) is 18.9 Å². The number of hydrogen-bond acceptors (Lipinski definition) is 1. The predicted octanol–water partition coefficient (Wildman–Crippen LogP) is 2.99. The Morgan fingerprint density at radius 2 is 1.93 bits per heavy atom. The van der Waals surface area contributed by atoms with Crippen molar-refractivity contribution in [2.24, 2.45) is 10.9 Å². The van der Waals surface area contributed by atoms with E-state index in [0.717, 1.165) is 0 Å². The van der Waals surface area contributed by atoms with Crippen LogP contribution in [0.2, 0.25) is 0 Å². The lowest BCUT2D eigenvalue weighted by atomic mass is 9.94. The molecule has 1 heterocycles. The van der Waals surface area contributed by atoms with Crippen molar-refractivity contribution in [1.29, 1.82) is 0 Å². The molecule has 80 valence electrons. The van der Waals surface area contributed by atoms with Gasteiger partial charge in [-0.2, -0.15) is 0 Å². The van der Waals surface area contributed by atoms with Crippen molar-refractivity contribution in [2.45, 2.75) is 19.5 Å². The van der Waals surface area contributed by atoms with Crippen molar-refractivity contribution >= 4 is 5.71 Å². The van der Waals surface area contributed by atoms with E-state index in [1.54, 1.807) is 12.1 Å². The van der Waals surface area contributed by atoms with Gasteiger partial charge in [0.2, 0.25) is 0 Å². The fraction of sp³-hybridized carbons (Fsp3) is 0.417. The van der Waals surface area contributed by atoms with Crippen LogP contribution in [0, 0.1) is 11.7 Å². The molecule has 0 aromatic heterocycles. The summed E-state index contributed by atoms with van der Waals surface area (Å²) in [5.74, 6) is -0.0110. The molecule has 0 saturated heterocycles. The van der Waals surface area contributed by atoms with Gasteiger partial charge in [0.1, 0.15) is 12.0 Å². The summed E-state index contributed by atoms with van der Waals surface area (Å²) < 4.78 is 26.3. The van der Waals surface area contributed by atoms with Gasteiger partial charge < -0.3 is 0 Å². The third-order valence-electron chi connectivity index (χ3n) is 2.62. The van der Waals surface area contributed by atoms with Crippen molar-refractivity contribution in [2.75, 3.05) is 6.54 Å². The van der Waals surface area contributed by atoms with Crippen LogP contribution in [-0.4, -0.2) is 18.4 Å². The highest BCUT2D eigenvalue weighted by Gasteiger charge is 2.23. The molecule has 2 atom stereocenters. The molecule has 2 rings (SSSR count). The summed E-state index contributed by atoms with van der Waals surface area (Å²) in [7, 11) is 0. The molecular formula is C12H13F2N. The van der Waals surface area contributed by atoms with Crippen LogP contribution in [0.25, 0.3) is 0 Å². The highest BCUT2D eigenvalue weighted by Crippen LogP contribution is 2.21. The molecule has 1 nitrogen and oxygen atoms in total. The van der Waals surface area contributed by atoms with Gasteiger partial charge >= 0.3 is 0 Å². The minimum Gasteiger partial charge on any atom is -0.286 e. The van der Waals surface area contributed by atoms with Crippen LogP contribution >= 0.6 is 0 Å². The molecule has 1 aliphatic heterocycles. The number of aliphatic imine (C=N–C) groups is 1. The van der Waals surface area contributed by atoms with Crippen LogP contribution in [0.15, 0.2) is 29.3 Å². The number of hydrogen-bond donors (Lipinski definition) is 0. The Kier molecular flexibility index (Phi) is 2.80. The first-order valence-corrected chi connectivity index (χ1v) is 5.11. The molecule has 0 spiro atoms. The highest BCUT2D eigenvalue weighted by molar-refractivity contribution is 6.04. The Bertz CT molecular complexity index is 370. The lowest BCUT2D eigenvalue weighted by Crippen LogP contribution is -2.26. The van der Waals surface area contributed by atoms with Crippen LogP contribution in [0.4, 0.5) is 8.78 Å². The average Bonchev–Trinajstić information content (AvgIpc) is 2.20. The van der Waals surface area contributed by atoms with Crippen LogP contribution < -0.4 is 0 Å². The topological polar surface area (TPSA) is 12.4 Å². The second-order valence-corrected chi connectivity index (χ2v) is 4.04. The number of nitrogens with zero attached hydrogens (tertiary/aromatic N) is 1. The molecule has 0 bridgehead atoms. The van der Waals surface area contributed by atoms with E-state index >= 15 is 0 Å². The summed E-state index contributed by atoms with van der Waals surface area (Å²) >= 11 is 0. The minimum atomic E-state index is -1.01. The summed E-state index contributed by atoms with van der Waals surface area (Å²) in [5.41, 5.74) is 1.16. The Morgan fingerprint density at radius 3 is 2.53 bits per heavy atom. The summed E-state index contributed by atoms with van der Waals surface area (Å²) in [5, 5.41) is 0. The van der Waals surface area contributed by atoms with E-state index in [1.807, 2.05) is 6.92 Å². The van der Waals surface area contributed by atoms with Gasteiger partial charge in [-0.25, -0.2) is 8.78 Å². The molecule has 0 amide bonds. The minimum absolute atomic E-state index is 0.296. The fourth-order valence-electron chi connectivity index (χ4n) is 1.79. The molecule has 0 radical (unpaired) electrons. The first-order chi connectivity index (χ1) is 7.16. The summed E-state index contributed by atoms with van der Waals surface area (Å²) in [6, 6.07) is 5.83. The Morgan fingerprint density at radius 1 is 1.27 bits per heavy atom. The zero-order chi connectivity index (χ0) is 10.8. The predicted molar refractivity (Wildman–Crippen MR) is 56.5 cm³/mol. The van der Waals surface area contributed by atoms with Gasteiger partial charge in [-0.05, 0) is 30.0 Å². The van der Waals surface area contributed by atoms with Gasteiger partial charge in [0.05, 0.1) is 5.71 Å². The smallest absolute Gasteiger partial charge is 0.142 e. The van der Waals surface area contributed by atoms with Crippen molar-refractivity contribution in [3.63, 3.8) is 0 Å². The van der Waals surface area contributed by atoms with Crippen LogP contribution in [0.3, 0.4) is 0 Å². The Balaban J connectivity index is 2.27. The standard InChI is InChI=1S/C12H13F2N/c1-8-6-11(14)12(15-7-8)9-2-4-10(13)5-3-9/h2-5,8,11H,6-7H2,1H3. The Labute approximate surface area is 87.8 Å². The molecule has 0 fully saturated rings. The lowest BCUT2D eigenvalue weighted by molar-refractivity contribution is 0.336. The zero-order valence-corrected chi connectivity index (χ0v) is 8.58. The van der Waals surface area contributed by atoms with Gasteiger partial charge in [0.25, 0.3) is 0 Å². The van der Waals surface area contributed by atoms with Crippen molar-refractivity contribution in [3.8, 4) is 0 Å². The molecule has 1 aliphatic rings. The SMILES string of the molecule is CC1CN=C(c2ccc(F)cc2)C(F)C1. The van der Waals surface area contributed by atoms with Gasteiger partial charge in [-0.3, -0.25) is 4.99 Å². The van der Waals surface area contributed by atoms with Crippen LogP contribution in [-0.2, 0) is 0 Å². The summed E-state index contributed by atoms with van der Waals surface area (Å²) in [4.78, 5) is 4.21. The first-order valence-electron chi connectivity index (χ1n) is 5.11. The molecule has 0 aliphatic carbocycles. The van der Waals surface area contributed by atoms with Crippen molar-refractivity contribution in [3.05, 3.63) is 35.6 Å². The van der Waals surface area contributed by atoms with E-state index in [-0.39, 0.29) is 5.82 Å². The van der Waals surface area contributed by atoms with Gasteiger partial charge in [-0.15, -0.1) is 0 Å².